The molecule has 1 atom stereocenters. The molecule has 0 heterocycles. The maximum Gasteiger partial charge on any atom is 0.0224 e. The van der Waals surface area contributed by atoms with Crippen molar-refractivity contribution >= 4 is 0 Å². The fraction of sp³-hybridized carbons (Fsp3) is 0.750. The van der Waals surface area contributed by atoms with Gasteiger partial charge in [-0.3, -0.25) is 0 Å². The molecule has 0 saturated heterocycles. The molecule has 0 bridgehead atoms. The normalized spacial score (nSPS) is 23.1. The van der Waals surface area contributed by atoms with Gasteiger partial charge in [0.15, 0.2) is 0 Å². The summed E-state index contributed by atoms with van der Waals surface area (Å²) < 4.78 is 0. The van der Waals surface area contributed by atoms with Gasteiger partial charge in [0.1, 0.15) is 0 Å². The van der Waals surface area contributed by atoms with E-state index >= 15 is 0 Å². The van der Waals surface area contributed by atoms with Gasteiger partial charge in [-0.05, 0) is 32.6 Å². The molecule has 0 amide bonds. The summed E-state index contributed by atoms with van der Waals surface area (Å²) in [7, 11) is 0. The lowest BCUT2D eigenvalue weighted by molar-refractivity contribution is 0.654. The Morgan fingerprint density at radius 1 is 1.56 bits per heavy atom. The maximum atomic E-state index is 5.70. The minimum absolute atomic E-state index is 0.297. The standard InChI is InChI=1S/C8H15N/c1-7(9)8-5-3-2-4-6-8/h5,7H,2-4,6,9H2,1H3/t7-/m1/s1. The molecule has 0 radical (unpaired) electrons. The van der Waals surface area contributed by atoms with Gasteiger partial charge >= 0.3 is 0 Å². The molecule has 0 aromatic heterocycles. The second-order valence-electron chi connectivity index (χ2n) is 2.81. The van der Waals surface area contributed by atoms with Crippen LogP contribution >= 0.6 is 0 Å². The third-order valence-electron chi connectivity index (χ3n) is 1.91. The summed E-state index contributed by atoms with van der Waals surface area (Å²) >= 11 is 0. The van der Waals surface area contributed by atoms with Gasteiger partial charge in [0, 0.05) is 6.04 Å². The van der Waals surface area contributed by atoms with Crippen molar-refractivity contribution in [2.75, 3.05) is 0 Å². The van der Waals surface area contributed by atoms with Crippen molar-refractivity contribution in [2.24, 2.45) is 5.73 Å². The molecule has 0 saturated carbocycles. The van der Waals surface area contributed by atoms with E-state index in [4.69, 9.17) is 5.73 Å². The Morgan fingerprint density at radius 2 is 2.33 bits per heavy atom. The van der Waals surface area contributed by atoms with Crippen molar-refractivity contribution in [3.05, 3.63) is 11.6 Å². The molecule has 0 aliphatic heterocycles. The first-order valence-corrected chi connectivity index (χ1v) is 3.75. The van der Waals surface area contributed by atoms with Gasteiger partial charge in [0.25, 0.3) is 0 Å². The van der Waals surface area contributed by atoms with Crippen LogP contribution in [-0.2, 0) is 0 Å². The van der Waals surface area contributed by atoms with Gasteiger partial charge in [-0.2, -0.15) is 0 Å². The SMILES string of the molecule is C[C@@H](N)C1=CCCCC1. The van der Waals surface area contributed by atoms with Gasteiger partial charge < -0.3 is 5.73 Å². The third kappa shape index (κ3) is 1.83. The van der Waals surface area contributed by atoms with Gasteiger partial charge in [-0.25, -0.2) is 0 Å². The van der Waals surface area contributed by atoms with Crippen molar-refractivity contribution in [1.29, 1.82) is 0 Å². The van der Waals surface area contributed by atoms with E-state index in [2.05, 4.69) is 13.0 Å². The predicted octanol–water partition coefficient (Wildman–Crippen LogP) is 1.83. The van der Waals surface area contributed by atoms with E-state index in [-0.39, 0.29) is 0 Å². The van der Waals surface area contributed by atoms with Crippen molar-refractivity contribution in [1.82, 2.24) is 0 Å². The summed E-state index contributed by atoms with van der Waals surface area (Å²) in [6, 6.07) is 0.297. The molecule has 0 fully saturated rings. The van der Waals surface area contributed by atoms with E-state index in [0.29, 0.717) is 6.04 Å². The van der Waals surface area contributed by atoms with E-state index in [0.717, 1.165) is 0 Å². The second-order valence-corrected chi connectivity index (χ2v) is 2.81. The molecule has 9 heavy (non-hydrogen) atoms. The minimum Gasteiger partial charge on any atom is -0.324 e. The molecule has 1 heteroatoms. The summed E-state index contributed by atoms with van der Waals surface area (Å²) in [5.41, 5.74) is 7.16. The van der Waals surface area contributed by atoms with Crippen LogP contribution in [0.15, 0.2) is 11.6 Å². The number of hydrogen-bond donors (Lipinski definition) is 1. The lowest BCUT2D eigenvalue weighted by Gasteiger charge is -2.15. The van der Waals surface area contributed by atoms with Crippen LogP contribution in [0.5, 0.6) is 0 Å². The van der Waals surface area contributed by atoms with E-state index in [1.165, 1.54) is 31.3 Å². The number of hydrogen-bond acceptors (Lipinski definition) is 1. The van der Waals surface area contributed by atoms with Crippen LogP contribution in [0.1, 0.15) is 32.6 Å². The molecular formula is C8H15N. The zero-order valence-corrected chi connectivity index (χ0v) is 6.06. The quantitative estimate of drug-likeness (QED) is 0.532. The van der Waals surface area contributed by atoms with E-state index in [9.17, 15) is 0 Å². The summed E-state index contributed by atoms with van der Waals surface area (Å²) in [5.74, 6) is 0. The molecule has 0 unspecified atom stereocenters. The second kappa shape index (κ2) is 3.02. The molecule has 1 nitrogen and oxygen atoms in total. The first-order valence-electron chi connectivity index (χ1n) is 3.75. The minimum atomic E-state index is 0.297. The van der Waals surface area contributed by atoms with Crippen molar-refractivity contribution in [3.63, 3.8) is 0 Å². The molecular weight excluding hydrogens is 110 g/mol. The smallest absolute Gasteiger partial charge is 0.0224 e. The van der Waals surface area contributed by atoms with Crippen LogP contribution in [0.2, 0.25) is 0 Å². The fourth-order valence-corrected chi connectivity index (χ4v) is 1.28. The summed E-state index contributed by atoms with van der Waals surface area (Å²) in [5, 5.41) is 0. The average Bonchev–Trinajstić information content (AvgIpc) is 1.90. The maximum absolute atomic E-state index is 5.70. The molecule has 1 rings (SSSR count). The van der Waals surface area contributed by atoms with Crippen LogP contribution in [0, 0.1) is 0 Å². The highest BCUT2D eigenvalue weighted by Crippen LogP contribution is 2.18. The highest BCUT2D eigenvalue weighted by atomic mass is 14.6. The molecule has 2 N–H and O–H groups in total. The van der Waals surface area contributed by atoms with Crippen molar-refractivity contribution in [2.45, 2.75) is 38.6 Å². The van der Waals surface area contributed by atoms with Crippen LogP contribution in [-0.4, -0.2) is 6.04 Å². The summed E-state index contributed by atoms with van der Waals surface area (Å²) in [6.45, 7) is 2.07. The highest BCUT2D eigenvalue weighted by Gasteiger charge is 2.05. The Balaban J connectivity index is 2.46. The Morgan fingerprint density at radius 3 is 2.67 bits per heavy atom. The number of rotatable bonds is 1. The molecule has 0 aromatic rings. The highest BCUT2D eigenvalue weighted by molar-refractivity contribution is 5.10. The zero-order chi connectivity index (χ0) is 6.69. The van der Waals surface area contributed by atoms with Gasteiger partial charge in [-0.1, -0.05) is 11.6 Å². The molecule has 1 aliphatic rings. The Hall–Kier alpha value is -0.300. The van der Waals surface area contributed by atoms with Crippen molar-refractivity contribution < 1.29 is 0 Å². The topological polar surface area (TPSA) is 26.0 Å². The number of nitrogens with two attached hydrogens (primary N) is 1. The first-order chi connectivity index (χ1) is 4.30. The van der Waals surface area contributed by atoms with E-state index in [1.54, 1.807) is 0 Å². The van der Waals surface area contributed by atoms with Crippen LogP contribution in [0.4, 0.5) is 0 Å². The molecule has 0 spiro atoms. The fourth-order valence-electron chi connectivity index (χ4n) is 1.28. The largest absolute Gasteiger partial charge is 0.324 e. The monoisotopic (exact) mass is 125 g/mol. The predicted molar refractivity (Wildman–Crippen MR) is 40.2 cm³/mol. The van der Waals surface area contributed by atoms with Crippen molar-refractivity contribution in [3.8, 4) is 0 Å². The summed E-state index contributed by atoms with van der Waals surface area (Å²) in [6.07, 6.45) is 7.48. The Kier molecular flexibility index (Phi) is 2.29. The van der Waals surface area contributed by atoms with Gasteiger partial charge in [0.2, 0.25) is 0 Å². The molecule has 52 valence electrons. The lowest BCUT2D eigenvalue weighted by Crippen LogP contribution is -2.19. The molecule has 0 aromatic carbocycles. The Labute approximate surface area is 56.9 Å². The lowest BCUT2D eigenvalue weighted by atomic mass is 9.95. The van der Waals surface area contributed by atoms with E-state index < -0.39 is 0 Å². The average molecular weight is 125 g/mol. The molecule has 1 aliphatic carbocycles. The van der Waals surface area contributed by atoms with E-state index in [1.807, 2.05) is 0 Å². The van der Waals surface area contributed by atoms with Crippen LogP contribution in [0.3, 0.4) is 0 Å². The first kappa shape index (κ1) is 6.81. The third-order valence-corrected chi connectivity index (χ3v) is 1.91. The summed E-state index contributed by atoms with van der Waals surface area (Å²) in [4.78, 5) is 0. The van der Waals surface area contributed by atoms with Gasteiger partial charge in [0.05, 0.1) is 0 Å². The van der Waals surface area contributed by atoms with Gasteiger partial charge in [-0.15, -0.1) is 0 Å². The van der Waals surface area contributed by atoms with Crippen LogP contribution in [0.25, 0.3) is 0 Å². The zero-order valence-electron chi connectivity index (χ0n) is 6.06. The van der Waals surface area contributed by atoms with Crippen LogP contribution < -0.4 is 5.73 Å². The Bertz CT molecular complexity index is 114. The number of allylic oxidation sites excluding steroid dienone is 1.